The van der Waals surface area contributed by atoms with Gasteiger partial charge in [-0.25, -0.2) is 9.36 Å². The summed E-state index contributed by atoms with van der Waals surface area (Å²) in [6.07, 6.45) is 13.4. The molecule has 0 aromatic heterocycles. The number of nitrogens with two attached hydrogens (primary N) is 1. The van der Waals surface area contributed by atoms with E-state index in [1.807, 2.05) is 6.08 Å². The van der Waals surface area contributed by atoms with Crippen molar-refractivity contribution in [2.45, 2.75) is 82.2 Å². The van der Waals surface area contributed by atoms with Crippen molar-refractivity contribution in [3.8, 4) is 0 Å². The number of aliphatic hydroxyl groups is 3. The third-order valence-electron chi connectivity index (χ3n) is 6.28. The van der Waals surface area contributed by atoms with Gasteiger partial charge in [0.05, 0.1) is 12.2 Å². The van der Waals surface area contributed by atoms with Crippen LogP contribution in [0.2, 0.25) is 0 Å². The number of aliphatic carboxylic acids is 1. The van der Waals surface area contributed by atoms with Gasteiger partial charge >= 0.3 is 13.8 Å². The highest BCUT2D eigenvalue weighted by atomic mass is 31.2. The first-order valence-electron chi connectivity index (χ1n) is 12.4. The summed E-state index contributed by atoms with van der Waals surface area (Å²) in [5, 5.41) is 41.0. The fourth-order valence-corrected chi connectivity index (χ4v) is 4.83. The van der Waals surface area contributed by atoms with Gasteiger partial charge in [-0.15, -0.1) is 0 Å². The van der Waals surface area contributed by atoms with Gasteiger partial charge in [-0.2, -0.15) is 0 Å². The van der Waals surface area contributed by atoms with Gasteiger partial charge in [0.2, 0.25) is 0 Å². The van der Waals surface area contributed by atoms with Crippen LogP contribution in [0.3, 0.4) is 0 Å². The Morgan fingerprint density at radius 1 is 1.14 bits per heavy atom. The molecule has 1 aliphatic carbocycles. The first-order chi connectivity index (χ1) is 16.9. The van der Waals surface area contributed by atoms with E-state index in [1.54, 1.807) is 13.0 Å². The van der Waals surface area contributed by atoms with E-state index in [0.717, 1.165) is 25.0 Å². The number of allylic oxidation sites excluding steroid dienone is 3. The van der Waals surface area contributed by atoms with Crippen LogP contribution in [-0.4, -0.2) is 66.6 Å². The van der Waals surface area contributed by atoms with Gasteiger partial charge in [-0.1, -0.05) is 68.7 Å². The second kappa shape index (κ2) is 16.3. The molecule has 0 heterocycles. The summed E-state index contributed by atoms with van der Waals surface area (Å²) in [6, 6.07) is 0. The lowest BCUT2D eigenvalue weighted by atomic mass is 9.87. The minimum atomic E-state index is -5.07. The lowest BCUT2D eigenvalue weighted by Crippen LogP contribution is -2.45. The fourth-order valence-electron chi connectivity index (χ4n) is 4.23. The molecule has 0 aromatic carbocycles. The van der Waals surface area contributed by atoms with Crippen LogP contribution in [0, 0.1) is 11.8 Å². The normalized spacial score (nSPS) is 21.3. The van der Waals surface area contributed by atoms with Gasteiger partial charge in [0.1, 0.15) is 11.7 Å². The maximum Gasteiger partial charge on any atom is 0.469 e. The van der Waals surface area contributed by atoms with Gasteiger partial charge in [0.15, 0.2) is 0 Å². The molecular formula is C25H42NO9P. The molecule has 10 nitrogen and oxygen atoms in total. The molecular weight excluding hydrogens is 489 g/mol. The molecule has 11 heteroatoms. The summed E-state index contributed by atoms with van der Waals surface area (Å²) in [5.74, 6) is -1.25. The van der Waals surface area contributed by atoms with Crippen molar-refractivity contribution in [3.63, 3.8) is 0 Å². The van der Waals surface area contributed by atoms with E-state index in [9.17, 15) is 34.5 Å². The average molecular weight is 532 g/mol. The predicted molar refractivity (Wildman–Crippen MR) is 137 cm³/mol. The van der Waals surface area contributed by atoms with Gasteiger partial charge in [-0.3, -0.25) is 4.52 Å². The maximum absolute atomic E-state index is 11.6. The van der Waals surface area contributed by atoms with E-state index in [0.29, 0.717) is 12.3 Å². The Labute approximate surface area is 213 Å². The molecule has 5 atom stereocenters. The zero-order chi connectivity index (χ0) is 27.2. The van der Waals surface area contributed by atoms with Crippen molar-refractivity contribution < 1.29 is 44.1 Å². The van der Waals surface area contributed by atoms with Crippen molar-refractivity contribution in [1.29, 1.82) is 0 Å². The molecule has 1 aliphatic rings. The molecule has 8 N–H and O–H groups in total. The summed E-state index contributed by atoms with van der Waals surface area (Å²) in [5.41, 5.74) is 3.59. The third kappa shape index (κ3) is 13.1. The quantitative estimate of drug-likeness (QED) is 0.0674. The second-order valence-corrected chi connectivity index (χ2v) is 10.4. The number of carbonyl (C=O) groups is 1. The summed E-state index contributed by atoms with van der Waals surface area (Å²) in [4.78, 5) is 29.6. The molecule has 0 amide bonds. The highest BCUT2D eigenvalue weighted by Gasteiger charge is 2.40. The Morgan fingerprint density at radius 3 is 2.36 bits per heavy atom. The second-order valence-electron chi connectivity index (χ2n) is 9.20. The average Bonchev–Trinajstić information content (AvgIpc) is 2.80. The summed E-state index contributed by atoms with van der Waals surface area (Å²) in [7, 11) is -5.07. The van der Waals surface area contributed by atoms with E-state index >= 15 is 0 Å². The number of aliphatic hydroxyl groups excluding tert-OH is 2. The minimum Gasteiger partial charge on any atom is -0.478 e. The number of phosphoric acid groups is 1. The van der Waals surface area contributed by atoms with E-state index in [-0.39, 0.29) is 19.4 Å². The fraction of sp³-hybridized carbons (Fsp3) is 0.640. The molecule has 0 aromatic rings. The van der Waals surface area contributed by atoms with Crippen LogP contribution in [0.5, 0.6) is 0 Å². The Balaban J connectivity index is 3.03. The van der Waals surface area contributed by atoms with E-state index < -0.39 is 43.6 Å². The standard InChI is InChI=1S/C25H42NO9P/c1-2-20(12-13-24(29)30)22(28)14-15-25(31,16-17-26)23(35-36(32,33)34)18-21(27)11-7-6-10-19-8-4-3-5-9-19/h6-7,10-15,19-23,27-28,31H,2-5,8-9,16-18,26H2,1H3,(H,29,30)(H2,32,33,34)/b10-6-,11-7-,13-12-,15-14+/t20-,21-,22-,23+,25-/m0/s1. The number of carboxylic acid groups (broad SMARTS) is 1. The Hall–Kier alpha value is -1.62. The number of carboxylic acids is 1. The Morgan fingerprint density at radius 2 is 1.81 bits per heavy atom. The van der Waals surface area contributed by atoms with Crippen molar-refractivity contribution in [2.24, 2.45) is 17.6 Å². The van der Waals surface area contributed by atoms with Crippen molar-refractivity contribution in [1.82, 2.24) is 0 Å². The molecule has 0 saturated heterocycles. The first kappa shape index (κ1) is 32.4. The van der Waals surface area contributed by atoms with Crippen LogP contribution < -0.4 is 5.73 Å². The Bertz CT molecular complexity index is 816. The lowest BCUT2D eigenvalue weighted by molar-refractivity contribution is -0.131. The molecule has 1 rings (SSSR count). The number of hydrogen-bond donors (Lipinski definition) is 7. The summed E-state index contributed by atoms with van der Waals surface area (Å²) < 4.78 is 16.5. The van der Waals surface area contributed by atoms with Crippen LogP contribution in [0.1, 0.15) is 58.3 Å². The van der Waals surface area contributed by atoms with Gasteiger partial charge in [0.25, 0.3) is 0 Å². The van der Waals surface area contributed by atoms with Crippen molar-refractivity contribution >= 4 is 13.8 Å². The largest absolute Gasteiger partial charge is 0.478 e. The van der Waals surface area contributed by atoms with Gasteiger partial charge < -0.3 is 35.9 Å². The molecule has 1 saturated carbocycles. The zero-order valence-electron chi connectivity index (χ0n) is 20.8. The van der Waals surface area contributed by atoms with E-state index in [4.69, 9.17) is 15.4 Å². The van der Waals surface area contributed by atoms with Crippen LogP contribution in [0.4, 0.5) is 0 Å². The molecule has 36 heavy (non-hydrogen) atoms. The number of phosphoric ester groups is 1. The SMILES string of the molecule is CC[C@@H](/C=C\C(=O)O)[C@@H](O)/C=C/[C@](O)(CCN)[C@@H](C[C@@H](O)/C=C\C=C/C1CCCCC1)OP(=O)(O)O. The molecule has 0 unspecified atom stereocenters. The first-order valence-corrected chi connectivity index (χ1v) is 13.9. The number of rotatable bonds is 16. The Kier molecular flexibility index (Phi) is 14.6. The number of hydrogen-bond acceptors (Lipinski definition) is 7. The van der Waals surface area contributed by atoms with Gasteiger partial charge in [-0.05, 0) is 38.1 Å². The minimum absolute atomic E-state index is 0.0792. The van der Waals surface area contributed by atoms with Crippen LogP contribution in [0.15, 0.2) is 48.6 Å². The van der Waals surface area contributed by atoms with Crippen molar-refractivity contribution in [3.05, 3.63) is 48.6 Å². The highest BCUT2D eigenvalue weighted by Crippen LogP contribution is 2.42. The monoisotopic (exact) mass is 531 g/mol. The molecule has 0 spiro atoms. The highest BCUT2D eigenvalue weighted by molar-refractivity contribution is 7.46. The predicted octanol–water partition coefficient (Wildman–Crippen LogP) is 2.57. The summed E-state index contributed by atoms with van der Waals surface area (Å²) in [6.45, 7) is 1.66. The van der Waals surface area contributed by atoms with E-state index in [1.165, 1.54) is 37.5 Å². The zero-order valence-corrected chi connectivity index (χ0v) is 21.7. The summed E-state index contributed by atoms with van der Waals surface area (Å²) >= 11 is 0. The lowest BCUT2D eigenvalue weighted by Gasteiger charge is -2.34. The molecule has 0 radical (unpaired) electrons. The third-order valence-corrected chi connectivity index (χ3v) is 6.81. The van der Waals surface area contributed by atoms with Crippen molar-refractivity contribution in [2.75, 3.05) is 6.54 Å². The van der Waals surface area contributed by atoms with Crippen LogP contribution in [0.25, 0.3) is 0 Å². The molecule has 0 bridgehead atoms. The maximum atomic E-state index is 11.6. The van der Waals surface area contributed by atoms with Gasteiger partial charge in [0, 0.05) is 18.4 Å². The molecule has 1 fully saturated rings. The van der Waals surface area contributed by atoms with E-state index in [2.05, 4.69) is 6.08 Å². The molecule has 0 aliphatic heterocycles. The topological polar surface area (TPSA) is 191 Å². The molecule has 206 valence electrons. The van der Waals surface area contributed by atoms with Crippen LogP contribution in [-0.2, 0) is 13.9 Å². The smallest absolute Gasteiger partial charge is 0.469 e. The van der Waals surface area contributed by atoms with Crippen LogP contribution >= 0.6 is 7.82 Å².